The summed E-state index contributed by atoms with van der Waals surface area (Å²) >= 11 is 0. The molecule has 1 N–H and O–H groups in total. The highest BCUT2D eigenvalue weighted by molar-refractivity contribution is 5.80. The predicted octanol–water partition coefficient (Wildman–Crippen LogP) is 1.88. The Morgan fingerprint density at radius 1 is 1.53 bits per heavy atom. The molecule has 0 unspecified atom stereocenters. The number of hydrogen-bond donors (Lipinski definition) is 1. The number of aromatic nitrogens is 2. The normalized spacial score (nSPS) is 9.60. The van der Waals surface area contributed by atoms with Gasteiger partial charge in [-0.15, -0.1) is 0 Å². The van der Waals surface area contributed by atoms with Crippen molar-refractivity contribution >= 4 is 12.0 Å². The molecule has 0 fully saturated rings. The predicted molar refractivity (Wildman–Crippen MR) is 63.7 cm³/mol. The minimum atomic E-state index is 0.594. The van der Waals surface area contributed by atoms with Gasteiger partial charge in [-0.3, -0.25) is 0 Å². The summed E-state index contributed by atoms with van der Waals surface area (Å²) < 4.78 is 1.63. The lowest BCUT2D eigenvalue weighted by atomic mass is 10.4. The zero-order chi connectivity index (χ0) is 11.8. The molecule has 0 atom stereocenters. The van der Waals surface area contributed by atoms with Crippen molar-refractivity contribution in [1.82, 2.24) is 9.78 Å². The fourth-order valence-electron chi connectivity index (χ4n) is 0.803. The van der Waals surface area contributed by atoms with Crippen LogP contribution < -0.4 is 0 Å². The molecule has 0 saturated carbocycles. The largest absolute Gasteiger partial charge is 0.400 e. The maximum atomic E-state index is 7.00. The number of aliphatic imine (C=N–C) groups is 1. The van der Waals surface area contributed by atoms with Crippen LogP contribution in [-0.4, -0.2) is 28.2 Å². The first-order valence-electron chi connectivity index (χ1n) is 4.45. The van der Waals surface area contributed by atoms with Crippen LogP contribution in [0.25, 0.3) is 5.82 Å². The minimum Gasteiger partial charge on any atom is -0.400 e. The first-order valence-corrected chi connectivity index (χ1v) is 4.45. The first-order chi connectivity index (χ1) is 7.09. The summed E-state index contributed by atoms with van der Waals surface area (Å²) in [6.45, 7) is 11.3. The van der Waals surface area contributed by atoms with Crippen molar-refractivity contribution in [1.29, 1.82) is 0 Å². The van der Waals surface area contributed by atoms with E-state index in [0.29, 0.717) is 5.82 Å². The SMILES string of the molecule is C=C(C)/C=N\C(=C)n1ccc(C)n1.CO. The summed E-state index contributed by atoms with van der Waals surface area (Å²) in [6.07, 6.45) is 3.49. The molecule has 82 valence electrons. The molecule has 1 rings (SSSR count). The van der Waals surface area contributed by atoms with Crippen LogP contribution in [0.1, 0.15) is 12.6 Å². The second kappa shape index (κ2) is 6.73. The zero-order valence-electron chi connectivity index (χ0n) is 9.44. The molecular weight excluding hydrogens is 190 g/mol. The lowest BCUT2D eigenvalue weighted by Crippen LogP contribution is -1.94. The van der Waals surface area contributed by atoms with Crippen molar-refractivity contribution in [3.63, 3.8) is 0 Å². The van der Waals surface area contributed by atoms with E-state index in [-0.39, 0.29) is 0 Å². The van der Waals surface area contributed by atoms with Gasteiger partial charge in [-0.05, 0) is 25.5 Å². The zero-order valence-corrected chi connectivity index (χ0v) is 9.44. The Balaban J connectivity index is 0.000000921. The second-order valence-electron chi connectivity index (χ2n) is 2.92. The quantitative estimate of drug-likeness (QED) is 0.769. The summed E-state index contributed by atoms with van der Waals surface area (Å²) in [4.78, 5) is 4.09. The van der Waals surface area contributed by atoms with Crippen LogP contribution >= 0.6 is 0 Å². The fraction of sp³-hybridized carbons (Fsp3) is 0.273. The third-order valence-corrected chi connectivity index (χ3v) is 1.42. The van der Waals surface area contributed by atoms with E-state index >= 15 is 0 Å². The molecule has 0 aliphatic rings. The molecule has 0 saturated heterocycles. The van der Waals surface area contributed by atoms with Crippen molar-refractivity contribution in [2.24, 2.45) is 4.99 Å². The summed E-state index contributed by atoms with van der Waals surface area (Å²) in [6, 6.07) is 1.90. The van der Waals surface area contributed by atoms with Gasteiger partial charge in [0.2, 0.25) is 0 Å². The standard InChI is InChI=1S/C10H13N3.CH4O/c1-8(2)7-11-10(4)13-6-5-9(3)12-13;1-2/h5-7H,1,4H2,2-3H3;2H,1H3/b11-7-;. The van der Waals surface area contributed by atoms with Crippen molar-refractivity contribution in [3.8, 4) is 0 Å². The molecule has 1 aromatic heterocycles. The maximum Gasteiger partial charge on any atom is 0.146 e. The van der Waals surface area contributed by atoms with Gasteiger partial charge in [-0.25, -0.2) is 9.67 Å². The van der Waals surface area contributed by atoms with E-state index in [4.69, 9.17) is 5.11 Å². The molecule has 0 aliphatic heterocycles. The van der Waals surface area contributed by atoms with Gasteiger partial charge in [0.1, 0.15) is 5.82 Å². The Labute approximate surface area is 90.3 Å². The molecule has 0 aromatic carbocycles. The van der Waals surface area contributed by atoms with E-state index in [2.05, 4.69) is 23.2 Å². The topological polar surface area (TPSA) is 50.4 Å². The molecule has 15 heavy (non-hydrogen) atoms. The van der Waals surface area contributed by atoms with Gasteiger partial charge in [0.25, 0.3) is 0 Å². The number of hydrogen-bond acceptors (Lipinski definition) is 3. The molecule has 0 bridgehead atoms. The molecule has 0 amide bonds. The molecule has 0 aliphatic carbocycles. The second-order valence-corrected chi connectivity index (χ2v) is 2.92. The Kier molecular flexibility index (Phi) is 5.97. The van der Waals surface area contributed by atoms with Crippen LogP contribution in [0, 0.1) is 6.92 Å². The molecule has 4 nitrogen and oxygen atoms in total. The highest BCUT2D eigenvalue weighted by Gasteiger charge is 1.95. The number of allylic oxidation sites excluding steroid dienone is 1. The lowest BCUT2D eigenvalue weighted by Gasteiger charge is -1.97. The minimum absolute atomic E-state index is 0.594. The Bertz CT molecular complexity index is 364. The van der Waals surface area contributed by atoms with Crippen LogP contribution in [0.2, 0.25) is 0 Å². The summed E-state index contributed by atoms with van der Waals surface area (Å²) in [5, 5.41) is 11.2. The number of nitrogens with zero attached hydrogens (tertiary/aromatic N) is 3. The van der Waals surface area contributed by atoms with Gasteiger partial charge in [0, 0.05) is 19.5 Å². The highest BCUT2D eigenvalue weighted by atomic mass is 16.2. The highest BCUT2D eigenvalue weighted by Crippen LogP contribution is 2.02. The molecule has 4 heteroatoms. The van der Waals surface area contributed by atoms with Gasteiger partial charge in [-0.2, -0.15) is 5.10 Å². The van der Waals surface area contributed by atoms with Gasteiger partial charge in [-0.1, -0.05) is 13.2 Å². The summed E-state index contributed by atoms with van der Waals surface area (Å²) in [5.74, 6) is 0.594. The van der Waals surface area contributed by atoms with E-state index < -0.39 is 0 Å². The van der Waals surface area contributed by atoms with Crippen molar-refractivity contribution in [2.45, 2.75) is 13.8 Å². The number of aliphatic hydroxyl groups excluding tert-OH is 1. The van der Waals surface area contributed by atoms with Crippen molar-refractivity contribution in [2.75, 3.05) is 7.11 Å². The monoisotopic (exact) mass is 207 g/mol. The first kappa shape index (κ1) is 13.3. The number of aryl methyl sites for hydroxylation is 1. The summed E-state index contributed by atoms with van der Waals surface area (Å²) in [7, 11) is 1.00. The Morgan fingerprint density at radius 2 is 2.13 bits per heavy atom. The molecule has 1 heterocycles. The average Bonchev–Trinajstić information content (AvgIpc) is 2.64. The molecule has 0 radical (unpaired) electrons. The van der Waals surface area contributed by atoms with Crippen molar-refractivity contribution in [3.05, 3.63) is 36.7 Å². The number of aliphatic hydroxyl groups is 1. The van der Waals surface area contributed by atoms with Crippen LogP contribution in [0.5, 0.6) is 0 Å². The van der Waals surface area contributed by atoms with Crippen LogP contribution in [0.3, 0.4) is 0 Å². The average molecular weight is 207 g/mol. The third kappa shape index (κ3) is 4.93. The maximum absolute atomic E-state index is 7.00. The van der Waals surface area contributed by atoms with Gasteiger partial charge < -0.3 is 5.11 Å². The van der Waals surface area contributed by atoms with E-state index in [1.165, 1.54) is 0 Å². The summed E-state index contributed by atoms with van der Waals surface area (Å²) in [5.41, 5.74) is 1.84. The van der Waals surface area contributed by atoms with E-state index in [1.807, 2.05) is 26.1 Å². The van der Waals surface area contributed by atoms with Crippen LogP contribution in [-0.2, 0) is 0 Å². The molecule has 1 aromatic rings. The van der Waals surface area contributed by atoms with Gasteiger partial charge in [0.05, 0.1) is 5.69 Å². The Hall–Kier alpha value is -1.68. The number of rotatable bonds is 3. The fourth-order valence-corrected chi connectivity index (χ4v) is 0.803. The smallest absolute Gasteiger partial charge is 0.146 e. The third-order valence-electron chi connectivity index (χ3n) is 1.42. The van der Waals surface area contributed by atoms with Gasteiger partial charge >= 0.3 is 0 Å². The van der Waals surface area contributed by atoms with Crippen LogP contribution in [0.15, 0.2) is 36.0 Å². The van der Waals surface area contributed by atoms with Crippen LogP contribution in [0.4, 0.5) is 0 Å². The molecular formula is C11H17N3O. The van der Waals surface area contributed by atoms with Crippen molar-refractivity contribution < 1.29 is 5.11 Å². The lowest BCUT2D eigenvalue weighted by molar-refractivity contribution is 0.399. The van der Waals surface area contributed by atoms with E-state index in [0.717, 1.165) is 18.4 Å². The van der Waals surface area contributed by atoms with E-state index in [1.54, 1.807) is 10.9 Å². The van der Waals surface area contributed by atoms with E-state index in [9.17, 15) is 0 Å². The van der Waals surface area contributed by atoms with Gasteiger partial charge in [0.15, 0.2) is 0 Å². The molecule has 0 spiro atoms. The Morgan fingerprint density at radius 3 is 2.53 bits per heavy atom.